The summed E-state index contributed by atoms with van der Waals surface area (Å²) >= 11 is 0. The molecule has 2 fully saturated rings. The fraction of sp³-hybridized carbons (Fsp3) is 0.500. The summed E-state index contributed by atoms with van der Waals surface area (Å²) in [6.45, 7) is 5.56. The normalized spacial score (nSPS) is 24.1. The predicted molar refractivity (Wildman–Crippen MR) is 115 cm³/mol. The SMILES string of the molecule is CCS(=O)(=O)N1CCC2(c3ccccc3)CN(Cc3ccco3)CC2C1.O=C(O)C(F)(F)F. The molecule has 2 saturated heterocycles. The maximum atomic E-state index is 12.4. The quantitative estimate of drug-likeness (QED) is 0.694. The Morgan fingerprint density at radius 1 is 1.18 bits per heavy atom. The first kappa shape index (κ1) is 25.3. The van der Waals surface area contributed by atoms with E-state index in [0.717, 1.165) is 31.8 Å². The number of carboxylic acids is 1. The van der Waals surface area contributed by atoms with Gasteiger partial charge >= 0.3 is 12.1 Å². The number of piperidine rings is 1. The number of alkyl halides is 3. The van der Waals surface area contributed by atoms with Gasteiger partial charge in [-0.3, -0.25) is 4.90 Å². The zero-order chi connectivity index (χ0) is 24.3. The number of benzene rings is 1. The molecule has 0 saturated carbocycles. The summed E-state index contributed by atoms with van der Waals surface area (Å²) in [5, 5.41) is 7.12. The van der Waals surface area contributed by atoms with Crippen LogP contribution in [0.1, 0.15) is 24.7 Å². The number of carbonyl (C=O) groups is 1. The molecule has 2 aliphatic heterocycles. The third-order valence-electron chi connectivity index (χ3n) is 6.31. The van der Waals surface area contributed by atoms with Crippen molar-refractivity contribution in [2.75, 3.05) is 31.9 Å². The van der Waals surface area contributed by atoms with Crippen LogP contribution in [0.2, 0.25) is 0 Å². The molecule has 0 aliphatic carbocycles. The lowest BCUT2D eigenvalue weighted by Gasteiger charge is -2.43. The number of aliphatic carboxylic acids is 1. The van der Waals surface area contributed by atoms with Gasteiger partial charge in [0.1, 0.15) is 5.76 Å². The Morgan fingerprint density at radius 2 is 1.85 bits per heavy atom. The summed E-state index contributed by atoms with van der Waals surface area (Å²) < 4.78 is 63.8. The van der Waals surface area contributed by atoms with E-state index in [2.05, 4.69) is 29.2 Å². The van der Waals surface area contributed by atoms with Crippen molar-refractivity contribution in [2.45, 2.75) is 31.5 Å². The van der Waals surface area contributed by atoms with E-state index in [4.69, 9.17) is 14.3 Å². The van der Waals surface area contributed by atoms with Gasteiger partial charge in [-0.05, 0) is 37.0 Å². The fourth-order valence-electron chi connectivity index (χ4n) is 4.68. The molecule has 11 heteroatoms. The number of sulfonamides is 1. The standard InChI is InChI=1S/C20H26N2O3S.C2HF3O2/c1-2-26(23,24)22-11-10-20(17-7-4-3-5-8-17)16-21(13-18(20)14-22)15-19-9-6-12-25-19;3-2(4,5)1(6)7/h3-9,12,18H,2,10-11,13-16H2,1H3;(H,6,7). The molecule has 2 aliphatic rings. The number of likely N-dealkylation sites (tertiary alicyclic amines) is 1. The van der Waals surface area contributed by atoms with E-state index < -0.39 is 22.2 Å². The monoisotopic (exact) mass is 488 g/mol. The minimum Gasteiger partial charge on any atom is -0.475 e. The summed E-state index contributed by atoms with van der Waals surface area (Å²) in [4.78, 5) is 11.3. The summed E-state index contributed by atoms with van der Waals surface area (Å²) in [5.74, 6) is -1.32. The molecule has 33 heavy (non-hydrogen) atoms. The third-order valence-corrected chi connectivity index (χ3v) is 8.15. The van der Waals surface area contributed by atoms with E-state index in [-0.39, 0.29) is 11.2 Å². The number of rotatable bonds is 5. The topological polar surface area (TPSA) is 91.1 Å². The number of halogens is 3. The predicted octanol–water partition coefficient (Wildman–Crippen LogP) is 3.34. The van der Waals surface area contributed by atoms with Gasteiger partial charge in [0.25, 0.3) is 0 Å². The van der Waals surface area contributed by atoms with Gasteiger partial charge in [-0.2, -0.15) is 13.2 Å². The van der Waals surface area contributed by atoms with Gasteiger partial charge < -0.3 is 9.52 Å². The van der Waals surface area contributed by atoms with Gasteiger partial charge in [0.2, 0.25) is 10.0 Å². The van der Waals surface area contributed by atoms with Crippen molar-refractivity contribution in [3.8, 4) is 0 Å². The van der Waals surface area contributed by atoms with Crippen molar-refractivity contribution in [2.24, 2.45) is 5.92 Å². The molecule has 0 spiro atoms. The van der Waals surface area contributed by atoms with Crippen LogP contribution >= 0.6 is 0 Å². The van der Waals surface area contributed by atoms with Gasteiger partial charge in [-0.1, -0.05) is 30.3 Å². The highest BCUT2D eigenvalue weighted by Gasteiger charge is 2.51. The minimum absolute atomic E-state index is 0.0214. The smallest absolute Gasteiger partial charge is 0.475 e. The molecule has 2 unspecified atom stereocenters. The molecule has 0 radical (unpaired) electrons. The second kappa shape index (κ2) is 9.86. The lowest BCUT2D eigenvalue weighted by atomic mass is 9.68. The van der Waals surface area contributed by atoms with Crippen molar-refractivity contribution in [3.63, 3.8) is 0 Å². The summed E-state index contributed by atoms with van der Waals surface area (Å²) in [6.07, 6.45) is -2.50. The Morgan fingerprint density at radius 3 is 2.39 bits per heavy atom. The molecular formula is C22H27F3N2O5S. The maximum absolute atomic E-state index is 12.4. The molecule has 7 nitrogen and oxygen atoms in total. The van der Waals surface area contributed by atoms with E-state index in [9.17, 15) is 21.6 Å². The summed E-state index contributed by atoms with van der Waals surface area (Å²) in [7, 11) is -3.14. The Balaban J connectivity index is 0.000000383. The molecule has 1 N–H and O–H groups in total. The van der Waals surface area contributed by atoms with Crippen LogP contribution in [0.3, 0.4) is 0 Å². The van der Waals surface area contributed by atoms with Crippen LogP contribution in [0.5, 0.6) is 0 Å². The first-order valence-electron chi connectivity index (χ1n) is 10.6. The maximum Gasteiger partial charge on any atom is 0.490 e. The Kier molecular flexibility index (Phi) is 7.55. The number of hydrogen-bond donors (Lipinski definition) is 1. The Bertz CT molecular complexity index is 1030. The molecule has 1 aromatic heterocycles. The van der Waals surface area contributed by atoms with Crippen LogP contribution in [0.4, 0.5) is 13.2 Å². The minimum atomic E-state index is -5.08. The Labute approximate surface area is 190 Å². The first-order chi connectivity index (χ1) is 15.5. The molecular weight excluding hydrogens is 461 g/mol. The largest absolute Gasteiger partial charge is 0.490 e. The summed E-state index contributed by atoms with van der Waals surface area (Å²) in [6, 6.07) is 14.5. The lowest BCUT2D eigenvalue weighted by molar-refractivity contribution is -0.192. The molecule has 2 atom stereocenters. The highest BCUT2D eigenvalue weighted by atomic mass is 32.2. The van der Waals surface area contributed by atoms with Crippen molar-refractivity contribution in [1.29, 1.82) is 0 Å². The second-order valence-electron chi connectivity index (χ2n) is 8.28. The number of fused-ring (bicyclic) bond motifs is 1. The molecule has 0 amide bonds. The third kappa shape index (κ3) is 5.77. The van der Waals surface area contributed by atoms with Crippen molar-refractivity contribution in [1.82, 2.24) is 9.21 Å². The van der Waals surface area contributed by atoms with Crippen LogP contribution in [0.25, 0.3) is 0 Å². The summed E-state index contributed by atoms with van der Waals surface area (Å²) in [5.41, 5.74) is 1.36. The molecule has 0 bridgehead atoms. The second-order valence-corrected chi connectivity index (χ2v) is 10.5. The van der Waals surface area contributed by atoms with E-state index in [1.807, 2.05) is 18.2 Å². The molecule has 1 aromatic carbocycles. The van der Waals surface area contributed by atoms with Gasteiger partial charge in [0, 0.05) is 31.6 Å². The zero-order valence-electron chi connectivity index (χ0n) is 18.2. The number of furan rings is 1. The Hall–Kier alpha value is -2.37. The van der Waals surface area contributed by atoms with Crippen LogP contribution in [0, 0.1) is 5.92 Å². The molecule has 4 rings (SSSR count). The van der Waals surface area contributed by atoms with Crippen molar-refractivity contribution < 1.29 is 35.9 Å². The van der Waals surface area contributed by atoms with Crippen LogP contribution in [0.15, 0.2) is 53.1 Å². The van der Waals surface area contributed by atoms with Crippen LogP contribution in [-0.4, -0.2) is 66.8 Å². The highest BCUT2D eigenvalue weighted by molar-refractivity contribution is 7.89. The average Bonchev–Trinajstić information content (AvgIpc) is 3.41. The van der Waals surface area contributed by atoms with E-state index in [1.165, 1.54) is 5.56 Å². The van der Waals surface area contributed by atoms with Gasteiger partial charge in [0.05, 0.1) is 18.6 Å². The fourth-order valence-corrected chi connectivity index (χ4v) is 5.82. The zero-order valence-corrected chi connectivity index (χ0v) is 19.0. The number of carboxylic acid groups (broad SMARTS) is 1. The van der Waals surface area contributed by atoms with Crippen molar-refractivity contribution in [3.05, 3.63) is 60.1 Å². The van der Waals surface area contributed by atoms with Crippen LogP contribution < -0.4 is 0 Å². The van der Waals surface area contributed by atoms with Gasteiger partial charge in [-0.25, -0.2) is 17.5 Å². The van der Waals surface area contributed by atoms with Crippen molar-refractivity contribution >= 4 is 16.0 Å². The van der Waals surface area contributed by atoms with Gasteiger partial charge in [-0.15, -0.1) is 0 Å². The van der Waals surface area contributed by atoms with Crippen LogP contribution in [-0.2, 0) is 26.8 Å². The first-order valence-corrected chi connectivity index (χ1v) is 12.2. The molecule has 182 valence electrons. The molecule has 2 aromatic rings. The van der Waals surface area contributed by atoms with Gasteiger partial charge in [0.15, 0.2) is 0 Å². The average molecular weight is 489 g/mol. The highest BCUT2D eigenvalue weighted by Crippen LogP contribution is 2.46. The van der Waals surface area contributed by atoms with E-state index >= 15 is 0 Å². The lowest BCUT2D eigenvalue weighted by Crippen LogP contribution is -2.51. The number of hydrogen-bond acceptors (Lipinski definition) is 5. The van der Waals surface area contributed by atoms with E-state index in [1.54, 1.807) is 17.5 Å². The number of nitrogens with zero attached hydrogens (tertiary/aromatic N) is 2. The molecule has 3 heterocycles. The van der Waals surface area contributed by atoms with E-state index in [0.29, 0.717) is 19.0 Å².